The van der Waals surface area contributed by atoms with Crippen molar-refractivity contribution in [3.05, 3.63) is 29.6 Å². The SMILES string of the molecule is CCC(C(=O)O)C1(c2ccc(OC)c(F)c2)COC1. The molecule has 0 radical (unpaired) electrons. The van der Waals surface area contributed by atoms with Crippen molar-refractivity contribution < 1.29 is 23.8 Å². The summed E-state index contributed by atoms with van der Waals surface area (Å²) in [6, 6.07) is 4.60. The molecule has 0 spiro atoms. The number of hydrogen-bond acceptors (Lipinski definition) is 3. The standard InChI is InChI=1S/C14H17FO4/c1-3-10(13(16)17)14(7-19-8-14)9-4-5-12(18-2)11(15)6-9/h4-6,10H,3,7-8H2,1-2H3,(H,16,17). The molecule has 1 fully saturated rings. The first-order valence-electron chi connectivity index (χ1n) is 6.19. The summed E-state index contributed by atoms with van der Waals surface area (Å²) in [7, 11) is 1.40. The van der Waals surface area contributed by atoms with E-state index in [2.05, 4.69) is 0 Å². The fourth-order valence-corrected chi connectivity index (χ4v) is 2.67. The van der Waals surface area contributed by atoms with E-state index < -0.39 is 23.1 Å². The molecule has 1 aliphatic rings. The van der Waals surface area contributed by atoms with E-state index in [1.807, 2.05) is 6.92 Å². The van der Waals surface area contributed by atoms with E-state index >= 15 is 0 Å². The quantitative estimate of drug-likeness (QED) is 0.889. The Morgan fingerprint density at radius 2 is 2.26 bits per heavy atom. The molecule has 1 saturated heterocycles. The van der Waals surface area contributed by atoms with E-state index in [1.54, 1.807) is 6.07 Å². The van der Waals surface area contributed by atoms with Gasteiger partial charge >= 0.3 is 5.97 Å². The molecule has 5 heteroatoms. The topological polar surface area (TPSA) is 55.8 Å². The van der Waals surface area contributed by atoms with Crippen LogP contribution in [0.25, 0.3) is 0 Å². The van der Waals surface area contributed by atoms with Crippen molar-refractivity contribution in [2.45, 2.75) is 18.8 Å². The molecule has 1 atom stereocenters. The molecule has 1 unspecified atom stereocenters. The average molecular weight is 268 g/mol. The van der Waals surface area contributed by atoms with Gasteiger partial charge in [0.15, 0.2) is 11.6 Å². The number of aliphatic carboxylic acids is 1. The normalized spacial score (nSPS) is 18.5. The number of hydrogen-bond donors (Lipinski definition) is 1. The van der Waals surface area contributed by atoms with E-state index in [0.717, 1.165) is 0 Å². The number of carboxylic acids is 1. The zero-order chi connectivity index (χ0) is 14.0. The molecule has 1 aromatic rings. The number of carbonyl (C=O) groups is 1. The van der Waals surface area contributed by atoms with Crippen LogP contribution in [0, 0.1) is 11.7 Å². The van der Waals surface area contributed by atoms with Crippen LogP contribution in [0.3, 0.4) is 0 Å². The molecule has 4 nitrogen and oxygen atoms in total. The van der Waals surface area contributed by atoms with Crippen LogP contribution in [0.1, 0.15) is 18.9 Å². The molecule has 0 amide bonds. The van der Waals surface area contributed by atoms with Crippen LogP contribution in [0.5, 0.6) is 5.75 Å². The fourth-order valence-electron chi connectivity index (χ4n) is 2.67. The summed E-state index contributed by atoms with van der Waals surface area (Å²) in [4.78, 5) is 11.4. The molecule has 19 heavy (non-hydrogen) atoms. The summed E-state index contributed by atoms with van der Waals surface area (Å²) in [6.07, 6.45) is 0.479. The molecule has 0 bridgehead atoms. The molecule has 0 aromatic heterocycles. The average Bonchev–Trinajstić information content (AvgIpc) is 2.32. The van der Waals surface area contributed by atoms with Gasteiger partial charge in [0.1, 0.15) is 0 Å². The predicted molar refractivity (Wildman–Crippen MR) is 66.9 cm³/mol. The number of halogens is 1. The van der Waals surface area contributed by atoms with Crippen LogP contribution in [0.15, 0.2) is 18.2 Å². The third kappa shape index (κ3) is 2.18. The molecule has 1 aromatic carbocycles. The Balaban J connectivity index is 2.41. The first-order chi connectivity index (χ1) is 9.05. The molecule has 1 aliphatic heterocycles. The van der Waals surface area contributed by atoms with Crippen molar-refractivity contribution in [3.8, 4) is 5.75 Å². The number of benzene rings is 1. The Hall–Kier alpha value is -1.62. The van der Waals surface area contributed by atoms with Crippen LogP contribution < -0.4 is 4.74 Å². The highest BCUT2D eigenvalue weighted by molar-refractivity contribution is 5.73. The van der Waals surface area contributed by atoms with Gasteiger partial charge in [-0.3, -0.25) is 4.79 Å². The monoisotopic (exact) mass is 268 g/mol. The van der Waals surface area contributed by atoms with Gasteiger partial charge in [-0.05, 0) is 24.1 Å². The van der Waals surface area contributed by atoms with Crippen molar-refractivity contribution in [2.75, 3.05) is 20.3 Å². The minimum atomic E-state index is -0.873. The van der Waals surface area contributed by atoms with Crippen LogP contribution in [0.2, 0.25) is 0 Å². The highest BCUT2D eigenvalue weighted by atomic mass is 19.1. The second-order valence-corrected chi connectivity index (χ2v) is 4.80. The largest absolute Gasteiger partial charge is 0.494 e. The van der Waals surface area contributed by atoms with E-state index in [-0.39, 0.29) is 5.75 Å². The summed E-state index contributed by atoms with van der Waals surface area (Å²) in [5.41, 5.74) is 0.0274. The van der Waals surface area contributed by atoms with Crippen molar-refractivity contribution >= 4 is 5.97 Å². The van der Waals surface area contributed by atoms with E-state index in [1.165, 1.54) is 19.2 Å². The smallest absolute Gasteiger partial charge is 0.307 e. The number of ether oxygens (including phenoxy) is 2. The Kier molecular flexibility index (Phi) is 3.75. The van der Waals surface area contributed by atoms with Gasteiger partial charge in [0.05, 0.1) is 31.7 Å². The first kappa shape index (κ1) is 13.8. The molecular formula is C14H17FO4. The van der Waals surface area contributed by atoms with Gasteiger partial charge in [-0.15, -0.1) is 0 Å². The van der Waals surface area contributed by atoms with E-state index in [9.17, 15) is 14.3 Å². The van der Waals surface area contributed by atoms with E-state index in [0.29, 0.717) is 25.2 Å². The maximum atomic E-state index is 13.8. The van der Waals surface area contributed by atoms with Gasteiger partial charge in [0.25, 0.3) is 0 Å². The lowest BCUT2D eigenvalue weighted by Gasteiger charge is -2.45. The van der Waals surface area contributed by atoms with Crippen molar-refractivity contribution in [2.24, 2.45) is 5.92 Å². The Labute approximate surface area is 111 Å². The van der Waals surface area contributed by atoms with Gasteiger partial charge in [-0.1, -0.05) is 13.0 Å². The van der Waals surface area contributed by atoms with Gasteiger partial charge in [-0.2, -0.15) is 0 Å². The molecule has 2 rings (SSSR count). The lowest BCUT2D eigenvalue weighted by molar-refractivity contribution is -0.157. The van der Waals surface area contributed by atoms with Crippen LogP contribution in [-0.2, 0) is 14.9 Å². The number of rotatable bonds is 5. The molecule has 1 N–H and O–H groups in total. The molecule has 1 heterocycles. The summed E-state index contributed by atoms with van der Waals surface area (Å²) >= 11 is 0. The summed E-state index contributed by atoms with van der Waals surface area (Å²) in [6.45, 7) is 2.44. The fraction of sp³-hybridized carbons (Fsp3) is 0.500. The minimum Gasteiger partial charge on any atom is -0.494 e. The first-order valence-corrected chi connectivity index (χ1v) is 6.19. The summed E-state index contributed by atoms with van der Waals surface area (Å²) in [5, 5.41) is 9.33. The van der Waals surface area contributed by atoms with Gasteiger partial charge in [0, 0.05) is 0 Å². The Bertz CT molecular complexity index is 482. The number of carboxylic acid groups (broad SMARTS) is 1. The maximum absolute atomic E-state index is 13.8. The van der Waals surface area contributed by atoms with Crippen LogP contribution in [0.4, 0.5) is 4.39 Å². The van der Waals surface area contributed by atoms with Crippen molar-refractivity contribution in [3.63, 3.8) is 0 Å². The zero-order valence-electron chi connectivity index (χ0n) is 11.0. The van der Waals surface area contributed by atoms with Crippen molar-refractivity contribution in [1.29, 1.82) is 0 Å². The third-order valence-corrected chi connectivity index (χ3v) is 3.82. The third-order valence-electron chi connectivity index (χ3n) is 3.82. The van der Waals surface area contributed by atoms with Gasteiger partial charge in [0.2, 0.25) is 0 Å². The van der Waals surface area contributed by atoms with E-state index in [4.69, 9.17) is 9.47 Å². The molecule has 104 valence electrons. The number of methoxy groups -OCH3 is 1. The highest BCUT2D eigenvalue weighted by Gasteiger charge is 2.49. The lowest BCUT2D eigenvalue weighted by atomic mass is 9.67. The summed E-state index contributed by atoms with van der Waals surface area (Å²) in [5.74, 6) is -1.77. The predicted octanol–water partition coefficient (Wildman–Crippen LogP) is 2.21. The Morgan fingerprint density at radius 3 is 2.63 bits per heavy atom. The van der Waals surface area contributed by atoms with Crippen LogP contribution in [-0.4, -0.2) is 31.4 Å². The highest BCUT2D eigenvalue weighted by Crippen LogP contribution is 2.42. The maximum Gasteiger partial charge on any atom is 0.307 e. The summed E-state index contributed by atoms with van der Waals surface area (Å²) < 4.78 is 23.9. The van der Waals surface area contributed by atoms with Crippen LogP contribution >= 0.6 is 0 Å². The lowest BCUT2D eigenvalue weighted by Crippen LogP contribution is -2.54. The Morgan fingerprint density at radius 1 is 1.58 bits per heavy atom. The molecule has 0 aliphatic carbocycles. The molecule has 0 saturated carbocycles. The second kappa shape index (κ2) is 5.17. The second-order valence-electron chi connectivity index (χ2n) is 4.80. The minimum absolute atomic E-state index is 0.155. The zero-order valence-corrected chi connectivity index (χ0v) is 11.0. The van der Waals surface area contributed by atoms with Crippen molar-refractivity contribution in [1.82, 2.24) is 0 Å². The molecular weight excluding hydrogens is 251 g/mol. The van der Waals surface area contributed by atoms with Gasteiger partial charge < -0.3 is 14.6 Å². The van der Waals surface area contributed by atoms with Gasteiger partial charge in [-0.25, -0.2) is 4.39 Å².